The van der Waals surface area contributed by atoms with E-state index in [9.17, 15) is 0 Å². The predicted octanol–water partition coefficient (Wildman–Crippen LogP) is 3.03. The minimum absolute atomic E-state index is 0.424. The summed E-state index contributed by atoms with van der Waals surface area (Å²) in [6.45, 7) is 10.5. The van der Waals surface area contributed by atoms with Crippen molar-refractivity contribution in [1.29, 1.82) is 0 Å². The van der Waals surface area contributed by atoms with Crippen LogP contribution in [0.2, 0.25) is 0 Å². The van der Waals surface area contributed by atoms with Crippen molar-refractivity contribution in [2.24, 2.45) is 4.99 Å². The Balaban J connectivity index is 1.71. The lowest BCUT2D eigenvalue weighted by Gasteiger charge is -2.26. The normalized spacial score (nSPS) is 16.6. The third-order valence-electron chi connectivity index (χ3n) is 4.99. The van der Waals surface area contributed by atoms with Crippen LogP contribution in [0.3, 0.4) is 0 Å². The first-order valence-corrected chi connectivity index (χ1v) is 10.7. The molecule has 0 bridgehead atoms. The fourth-order valence-electron chi connectivity index (χ4n) is 3.25. The quantitative estimate of drug-likeness (QED) is 0.346. The van der Waals surface area contributed by atoms with Crippen LogP contribution >= 0.6 is 0 Å². The summed E-state index contributed by atoms with van der Waals surface area (Å²) < 4.78 is 11.3. The van der Waals surface area contributed by atoms with Crippen LogP contribution in [0.4, 0.5) is 0 Å². The third kappa shape index (κ3) is 8.93. The fraction of sp³-hybridized carbons (Fsp3) is 0.682. The van der Waals surface area contributed by atoms with Gasteiger partial charge in [-0.05, 0) is 31.0 Å². The van der Waals surface area contributed by atoms with Crippen molar-refractivity contribution < 1.29 is 9.47 Å². The molecule has 0 amide bonds. The zero-order valence-electron chi connectivity index (χ0n) is 17.9. The van der Waals surface area contributed by atoms with Crippen LogP contribution in [-0.2, 0) is 11.3 Å². The van der Waals surface area contributed by atoms with Gasteiger partial charge < -0.3 is 20.1 Å². The molecule has 1 unspecified atom stereocenters. The molecule has 1 saturated heterocycles. The minimum Gasteiger partial charge on any atom is -0.492 e. The molecule has 1 aromatic carbocycles. The predicted molar refractivity (Wildman–Crippen MR) is 116 cm³/mol. The van der Waals surface area contributed by atoms with Gasteiger partial charge in [0.05, 0.1) is 13.2 Å². The Kier molecular flexibility index (Phi) is 10.8. The average molecular weight is 391 g/mol. The number of hydrogen-bond acceptors (Lipinski definition) is 4. The molecule has 1 aliphatic rings. The first-order valence-electron chi connectivity index (χ1n) is 10.7. The highest BCUT2D eigenvalue weighted by molar-refractivity contribution is 5.79. The molecule has 1 fully saturated rings. The summed E-state index contributed by atoms with van der Waals surface area (Å²) in [5, 5.41) is 6.88. The van der Waals surface area contributed by atoms with Gasteiger partial charge in [-0.15, -0.1) is 0 Å². The molecule has 1 aliphatic heterocycles. The third-order valence-corrected chi connectivity index (χ3v) is 4.99. The minimum atomic E-state index is 0.424. The molecule has 0 spiro atoms. The number of guanidine groups is 1. The average Bonchev–Trinajstić information content (AvgIpc) is 2.72. The highest BCUT2D eigenvalue weighted by Gasteiger charge is 2.10. The number of morpholine rings is 1. The SMILES string of the molecule is CCCCCC(C)NC(=NC)NCc1cccc(OCCN2CCOCC2)c1. The van der Waals surface area contributed by atoms with Crippen LogP contribution in [0.25, 0.3) is 0 Å². The van der Waals surface area contributed by atoms with Gasteiger partial charge in [0.15, 0.2) is 5.96 Å². The Morgan fingerprint density at radius 1 is 1.29 bits per heavy atom. The highest BCUT2D eigenvalue weighted by atomic mass is 16.5. The molecule has 0 aliphatic carbocycles. The van der Waals surface area contributed by atoms with Crippen LogP contribution < -0.4 is 15.4 Å². The summed E-state index contributed by atoms with van der Waals surface area (Å²) >= 11 is 0. The summed E-state index contributed by atoms with van der Waals surface area (Å²) in [5.41, 5.74) is 1.19. The zero-order chi connectivity index (χ0) is 20.0. The van der Waals surface area contributed by atoms with Gasteiger partial charge in [-0.2, -0.15) is 0 Å². The van der Waals surface area contributed by atoms with E-state index in [2.05, 4.69) is 46.5 Å². The number of hydrogen-bond donors (Lipinski definition) is 2. The van der Waals surface area contributed by atoms with Crippen molar-refractivity contribution >= 4 is 5.96 Å². The van der Waals surface area contributed by atoms with Gasteiger partial charge in [0.25, 0.3) is 0 Å². The molecule has 158 valence electrons. The Morgan fingerprint density at radius 3 is 2.86 bits per heavy atom. The molecule has 2 N–H and O–H groups in total. The number of unbranched alkanes of at least 4 members (excludes halogenated alkanes) is 2. The Morgan fingerprint density at radius 2 is 2.11 bits per heavy atom. The Hall–Kier alpha value is -1.79. The first kappa shape index (κ1) is 22.5. The molecule has 0 radical (unpaired) electrons. The van der Waals surface area contributed by atoms with Gasteiger partial charge in [0, 0.05) is 39.3 Å². The fourth-order valence-corrected chi connectivity index (χ4v) is 3.25. The van der Waals surface area contributed by atoms with Crippen molar-refractivity contribution in [2.45, 2.75) is 52.1 Å². The van der Waals surface area contributed by atoms with Crippen molar-refractivity contribution in [3.63, 3.8) is 0 Å². The van der Waals surface area contributed by atoms with Crippen molar-refractivity contribution in [2.75, 3.05) is 46.5 Å². The van der Waals surface area contributed by atoms with Gasteiger partial charge in [-0.3, -0.25) is 9.89 Å². The highest BCUT2D eigenvalue weighted by Crippen LogP contribution is 2.13. The Bertz CT molecular complexity index is 573. The van der Waals surface area contributed by atoms with E-state index >= 15 is 0 Å². The molecule has 6 nitrogen and oxygen atoms in total. The topological polar surface area (TPSA) is 58.1 Å². The summed E-state index contributed by atoms with van der Waals surface area (Å²) in [7, 11) is 1.82. The molecule has 1 atom stereocenters. The molecular weight excluding hydrogens is 352 g/mol. The van der Waals surface area contributed by atoms with E-state index in [1.54, 1.807) is 0 Å². The van der Waals surface area contributed by atoms with E-state index in [0.717, 1.165) is 51.1 Å². The second-order valence-corrected chi connectivity index (χ2v) is 7.42. The number of aliphatic imine (C=N–C) groups is 1. The van der Waals surface area contributed by atoms with Crippen LogP contribution in [-0.4, -0.2) is 63.4 Å². The molecule has 0 saturated carbocycles. The molecule has 6 heteroatoms. The van der Waals surface area contributed by atoms with Crippen LogP contribution in [0.1, 0.15) is 45.1 Å². The van der Waals surface area contributed by atoms with Crippen molar-refractivity contribution in [3.05, 3.63) is 29.8 Å². The molecule has 28 heavy (non-hydrogen) atoms. The summed E-state index contributed by atoms with van der Waals surface area (Å²) in [4.78, 5) is 6.72. The monoisotopic (exact) mass is 390 g/mol. The summed E-state index contributed by atoms with van der Waals surface area (Å²) in [5.74, 6) is 1.77. The van der Waals surface area contributed by atoms with Crippen molar-refractivity contribution in [3.8, 4) is 5.75 Å². The molecule has 2 rings (SSSR count). The van der Waals surface area contributed by atoms with Gasteiger partial charge >= 0.3 is 0 Å². The van der Waals surface area contributed by atoms with Gasteiger partial charge in [-0.1, -0.05) is 38.3 Å². The lowest BCUT2D eigenvalue weighted by atomic mass is 10.1. The van der Waals surface area contributed by atoms with Gasteiger partial charge in [0.2, 0.25) is 0 Å². The van der Waals surface area contributed by atoms with E-state index in [4.69, 9.17) is 9.47 Å². The number of nitrogens with zero attached hydrogens (tertiary/aromatic N) is 2. The standard InChI is InChI=1S/C22H38N4O2/c1-4-5-6-8-19(2)25-22(23-3)24-18-20-9-7-10-21(17-20)28-16-13-26-11-14-27-15-12-26/h7,9-10,17,19H,4-6,8,11-16,18H2,1-3H3,(H2,23,24,25). The second-order valence-electron chi connectivity index (χ2n) is 7.42. The van der Waals surface area contributed by atoms with Crippen LogP contribution in [0.15, 0.2) is 29.3 Å². The van der Waals surface area contributed by atoms with Crippen molar-refractivity contribution in [1.82, 2.24) is 15.5 Å². The maximum absolute atomic E-state index is 5.95. The summed E-state index contributed by atoms with van der Waals surface area (Å²) in [6.07, 6.45) is 4.97. The molecule has 1 heterocycles. The smallest absolute Gasteiger partial charge is 0.191 e. The maximum atomic E-state index is 5.95. The first-order chi connectivity index (χ1) is 13.7. The van der Waals surface area contributed by atoms with E-state index in [1.807, 2.05) is 19.2 Å². The van der Waals surface area contributed by atoms with E-state index in [1.165, 1.54) is 31.2 Å². The van der Waals surface area contributed by atoms with Crippen LogP contribution in [0, 0.1) is 0 Å². The van der Waals surface area contributed by atoms with E-state index in [-0.39, 0.29) is 0 Å². The number of nitrogens with one attached hydrogen (secondary N) is 2. The maximum Gasteiger partial charge on any atom is 0.191 e. The zero-order valence-corrected chi connectivity index (χ0v) is 17.9. The lowest BCUT2D eigenvalue weighted by molar-refractivity contribution is 0.0322. The van der Waals surface area contributed by atoms with Crippen LogP contribution in [0.5, 0.6) is 5.75 Å². The molecule has 1 aromatic rings. The Labute approximate surface area is 170 Å². The summed E-state index contributed by atoms with van der Waals surface area (Å²) in [6, 6.07) is 8.70. The number of benzene rings is 1. The second kappa shape index (κ2) is 13.4. The molecular formula is C22H38N4O2. The van der Waals surface area contributed by atoms with E-state index in [0.29, 0.717) is 12.6 Å². The van der Waals surface area contributed by atoms with Gasteiger partial charge in [-0.25, -0.2) is 0 Å². The number of ether oxygens (including phenoxy) is 2. The van der Waals surface area contributed by atoms with E-state index < -0.39 is 0 Å². The number of rotatable bonds is 11. The largest absolute Gasteiger partial charge is 0.492 e. The lowest BCUT2D eigenvalue weighted by Crippen LogP contribution is -2.41. The molecule has 0 aromatic heterocycles. The van der Waals surface area contributed by atoms with Gasteiger partial charge in [0.1, 0.15) is 12.4 Å².